The Labute approximate surface area is 113 Å². The van der Waals surface area contributed by atoms with Crippen LogP contribution in [0.25, 0.3) is 0 Å². The van der Waals surface area contributed by atoms with E-state index in [0.717, 1.165) is 6.07 Å². The van der Waals surface area contributed by atoms with E-state index in [9.17, 15) is 18.0 Å². The third-order valence-electron chi connectivity index (χ3n) is 3.01. The molecule has 0 saturated heterocycles. The first-order valence-corrected chi connectivity index (χ1v) is 6.05. The zero-order valence-corrected chi connectivity index (χ0v) is 10.8. The molecule has 0 aliphatic carbocycles. The van der Waals surface area contributed by atoms with Gasteiger partial charge < -0.3 is 11.1 Å². The lowest BCUT2D eigenvalue weighted by atomic mass is 9.99. The molecule has 0 spiro atoms. The van der Waals surface area contributed by atoms with Crippen LogP contribution in [0.4, 0.5) is 18.9 Å². The van der Waals surface area contributed by atoms with Crippen molar-refractivity contribution in [2.45, 2.75) is 19.5 Å². The van der Waals surface area contributed by atoms with Gasteiger partial charge in [-0.05, 0) is 30.2 Å². The number of hydrogen-bond donors (Lipinski definition) is 2. The molecule has 0 aromatic heterocycles. The summed E-state index contributed by atoms with van der Waals surface area (Å²) in [6, 6.07) is 2.73. The van der Waals surface area contributed by atoms with E-state index in [4.69, 9.17) is 5.73 Å². The van der Waals surface area contributed by atoms with E-state index in [0.29, 0.717) is 17.0 Å². The highest BCUT2D eigenvalue weighted by Crippen LogP contribution is 2.39. The third kappa shape index (κ3) is 2.98. The monoisotopic (exact) mass is 285 g/mol. The van der Waals surface area contributed by atoms with Crippen molar-refractivity contribution in [1.82, 2.24) is 5.32 Å². The number of carbonyl (C=O) groups excluding carboxylic acids is 1. The van der Waals surface area contributed by atoms with Gasteiger partial charge in [0.15, 0.2) is 0 Å². The Morgan fingerprint density at radius 2 is 2.15 bits per heavy atom. The summed E-state index contributed by atoms with van der Waals surface area (Å²) in [5, 5.41) is 2.51. The number of carbonyl (C=O) groups is 1. The summed E-state index contributed by atoms with van der Waals surface area (Å²) in [4.78, 5) is 15.2. The van der Waals surface area contributed by atoms with E-state index >= 15 is 0 Å². The van der Waals surface area contributed by atoms with Gasteiger partial charge >= 0.3 is 6.18 Å². The normalized spacial score (nSPS) is 13.9. The number of amides is 1. The number of fused-ring (bicyclic) bond motifs is 1. The summed E-state index contributed by atoms with van der Waals surface area (Å²) in [6.45, 7) is 1.55. The number of benzene rings is 1. The Morgan fingerprint density at radius 1 is 1.45 bits per heavy atom. The van der Waals surface area contributed by atoms with E-state index in [2.05, 4.69) is 10.3 Å². The van der Waals surface area contributed by atoms with Crippen molar-refractivity contribution in [3.63, 3.8) is 0 Å². The molecule has 0 atom stereocenters. The zero-order chi connectivity index (χ0) is 14.9. The molecule has 1 aromatic rings. The van der Waals surface area contributed by atoms with Gasteiger partial charge in [-0.15, -0.1) is 0 Å². The molecule has 3 N–H and O–H groups in total. The van der Waals surface area contributed by atoms with Crippen molar-refractivity contribution in [2.75, 3.05) is 13.1 Å². The average molecular weight is 285 g/mol. The Hall–Kier alpha value is -1.89. The number of halogens is 3. The number of nitrogens with two attached hydrogens (primary N) is 1. The number of alkyl halides is 3. The first-order chi connectivity index (χ1) is 9.31. The summed E-state index contributed by atoms with van der Waals surface area (Å²) in [5.74, 6) is -0.365. The molecule has 1 aliphatic rings. The lowest BCUT2D eigenvalue weighted by Gasteiger charge is -2.12. The molecule has 7 heteroatoms. The Kier molecular flexibility index (Phi) is 3.80. The molecule has 20 heavy (non-hydrogen) atoms. The molecular formula is C13H14F3N3O. The van der Waals surface area contributed by atoms with Crippen molar-refractivity contribution >= 4 is 17.3 Å². The standard InChI is InChI=1S/C13H14F3N3O/c1-7-2-10(13(14,15)16)9-4-8(19-11(9)3-7)6-18-12(20)5-17/h2-3H,4-6,17H2,1H3,(H,18,20). The minimum Gasteiger partial charge on any atom is -0.350 e. The number of aliphatic imine (C=N–C) groups is 1. The van der Waals surface area contributed by atoms with Crippen molar-refractivity contribution < 1.29 is 18.0 Å². The van der Waals surface area contributed by atoms with Gasteiger partial charge in [-0.2, -0.15) is 13.2 Å². The summed E-state index contributed by atoms with van der Waals surface area (Å²) in [6.07, 6.45) is -4.31. The number of hydrogen-bond acceptors (Lipinski definition) is 3. The highest BCUT2D eigenvalue weighted by atomic mass is 19.4. The van der Waals surface area contributed by atoms with Crippen LogP contribution in [0.5, 0.6) is 0 Å². The van der Waals surface area contributed by atoms with Gasteiger partial charge in [-0.25, -0.2) is 0 Å². The molecule has 0 unspecified atom stereocenters. The largest absolute Gasteiger partial charge is 0.416 e. The second-order valence-corrected chi connectivity index (χ2v) is 4.64. The van der Waals surface area contributed by atoms with Crippen molar-refractivity contribution in [1.29, 1.82) is 0 Å². The van der Waals surface area contributed by atoms with E-state index in [1.54, 1.807) is 13.0 Å². The van der Waals surface area contributed by atoms with E-state index < -0.39 is 11.7 Å². The van der Waals surface area contributed by atoms with Gasteiger partial charge in [0, 0.05) is 12.1 Å². The van der Waals surface area contributed by atoms with Crippen LogP contribution in [0.2, 0.25) is 0 Å². The summed E-state index contributed by atoms with van der Waals surface area (Å²) in [5.41, 5.74) is 5.98. The van der Waals surface area contributed by atoms with Gasteiger partial charge in [0.2, 0.25) is 5.91 Å². The van der Waals surface area contributed by atoms with Crippen LogP contribution in [-0.2, 0) is 17.4 Å². The summed E-state index contributed by atoms with van der Waals surface area (Å²) < 4.78 is 38.9. The number of nitrogens with one attached hydrogen (secondary N) is 1. The van der Waals surface area contributed by atoms with Crippen molar-refractivity contribution in [3.8, 4) is 0 Å². The molecule has 0 radical (unpaired) electrons. The second kappa shape index (κ2) is 5.24. The zero-order valence-electron chi connectivity index (χ0n) is 10.8. The molecule has 108 valence electrons. The molecule has 1 amide bonds. The highest BCUT2D eigenvalue weighted by molar-refractivity contribution is 5.98. The van der Waals surface area contributed by atoms with Gasteiger partial charge in [0.1, 0.15) is 0 Å². The van der Waals surface area contributed by atoms with Crippen LogP contribution in [0.1, 0.15) is 16.7 Å². The van der Waals surface area contributed by atoms with E-state index in [1.807, 2.05) is 0 Å². The number of rotatable bonds is 3. The Morgan fingerprint density at radius 3 is 2.75 bits per heavy atom. The Bertz CT molecular complexity index is 579. The van der Waals surface area contributed by atoms with Crippen LogP contribution in [0, 0.1) is 6.92 Å². The molecule has 0 bridgehead atoms. The molecule has 1 heterocycles. The van der Waals surface area contributed by atoms with Crippen LogP contribution in [0.3, 0.4) is 0 Å². The van der Waals surface area contributed by atoms with Gasteiger partial charge in [-0.1, -0.05) is 0 Å². The van der Waals surface area contributed by atoms with Crippen molar-refractivity contribution in [3.05, 3.63) is 28.8 Å². The molecule has 0 saturated carbocycles. The molecular weight excluding hydrogens is 271 g/mol. The lowest BCUT2D eigenvalue weighted by molar-refractivity contribution is -0.138. The van der Waals surface area contributed by atoms with Gasteiger partial charge in [-0.3, -0.25) is 9.79 Å². The number of nitrogens with zero attached hydrogens (tertiary/aromatic N) is 1. The van der Waals surface area contributed by atoms with Gasteiger partial charge in [0.25, 0.3) is 0 Å². The molecule has 2 rings (SSSR count). The predicted molar refractivity (Wildman–Crippen MR) is 69.0 cm³/mol. The van der Waals surface area contributed by atoms with Crippen LogP contribution >= 0.6 is 0 Å². The lowest BCUT2D eigenvalue weighted by Crippen LogP contribution is -2.34. The fourth-order valence-electron chi connectivity index (χ4n) is 2.12. The van der Waals surface area contributed by atoms with Crippen LogP contribution in [-0.4, -0.2) is 24.7 Å². The summed E-state index contributed by atoms with van der Waals surface area (Å²) >= 11 is 0. The molecule has 1 aliphatic heterocycles. The Balaban J connectivity index is 2.24. The minimum atomic E-state index is -4.40. The third-order valence-corrected chi connectivity index (χ3v) is 3.01. The maximum absolute atomic E-state index is 13.0. The maximum Gasteiger partial charge on any atom is 0.416 e. The first kappa shape index (κ1) is 14.5. The van der Waals surface area contributed by atoms with Crippen LogP contribution in [0.15, 0.2) is 17.1 Å². The maximum atomic E-state index is 13.0. The average Bonchev–Trinajstić information content (AvgIpc) is 2.76. The topological polar surface area (TPSA) is 67.5 Å². The first-order valence-electron chi connectivity index (χ1n) is 6.05. The predicted octanol–water partition coefficient (Wildman–Crippen LogP) is 1.72. The van der Waals surface area contributed by atoms with E-state index in [1.165, 1.54) is 0 Å². The fraction of sp³-hybridized carbons (Fsp3) is 0.385. The van der Waals surface area contributed by atoms with E-state index in [-0.39, 0.29) is 31.0 Å². The minimum absolute atomic E-state index is 0.0926. The second-order valence-electron chi connectivity index (χ2n) is 4.64. The molecule has 1 aromatic carbocycles. The molecule has 0 fully saturated rings. The SMILES string of the molecule is Cc1cc2c(c(C(F)(F)F)c1)CC(CNC(=O)CN)=N2. The molecule has 4 nitrogen and oxygen atoms in total. The fourth-order valence-corrected chi connectivity index (χ4v) is 2.12. The summed E-state index contributed by atoms with van der Waals surface area (Å²) in [7, 11) is 0. The number of aryl methyl sites for hydroxylation is 1. The smallest absolute Gasteiger partial charge is 0.350 e. The quantitative estimate of drug-likeness (QED) is 0.888. The van der Waals surface area contributed by atoms with Crippen molar-refractivity contribution in [2.24, 2.45) is 10.7 Å². The van der Waals surface area contributed by atoms with Crippen LogP contribution < -0.4 is 11.1 Å². The highest BCUT2D eigenvalue weighted by Gasteiger charge is 2.36. The van der Waals surface area contributed by atoms with Gasteiger partial charge in [0.05, 0.1) is 24.3 Å².